The summed E-state index contributed by atoms with van der Waals surface area (Å²) in [5, 5.41) is 3.41. The molecule has 0 atom stereocenters. The van der Waals surface area contributed by atoms with Crippen molar-refractivity contribution >= 4 is 29.9 Å². The van der Waals surface area contributed by atoms with E-state index in [1.807, 2.05) is 26.1 Å². The first kappa shape index (κ1) is 20.3. The lowest BCUT2D eigenvalue weighted by atomic mass is 10.3. The minimum atomic E-state index is 0. The van der Waals surface area contributed by atoms with Crippen LogP contribution in [-0.4, -0.2) is 35.6 Å². The number of aromatic nitrogens is 1. The highest BCUT2D eigenvalue weighted by atomic mass is 127. The van der Waals surface area contributed by atoms with Gasteiger partial charge in [0.1, 0.15) is 5.76 Å². The van der Waals surface area contributed by atoms with Gasteiger partial charge in [-0.1, -0.05) is 12.2 Å². The van der Waals surface area contributed by atoms with Gasteiger partial charge in [-0.2, -0.15) is 0 Å². The lowest BCUT2D eigenvalue weighted by Crippen LogP contribution is -2.40. The highest BCUT2D eigenvalue weighted by molar-refractivity contribution is 14.0. The predicted octanol–water partition coefficient (Wildman–Crippen LogP) is 3.43. The van der Waals surface area contributed by atoms with Gasteiger partial charge in [-0.25, -0.2) is 4.99 Å². The molecule has 5 nitrogen and oxygen atoms in total. The van der Waals surface area contributed by atoms with E-state index in [1.54, 1.807) is 6.26 Å². The molecule has 1 N–H and O–H groups in total. The van der Waals surface area contributed by atoms with E-state index in [4.69, 9.17) is 4.42 Å². The first-order valence-corrected chi connectivity index (χ1v) is 7.82. The summed E-state index contributed by atoms with van der Waals surface area (Å²) in [6.45, 7) is 8.11. The Morgan fingerprint density at radius 2 is 2.17 bits per heavy atom. The van der Waals surface area contributed by atoms with Crippen LogP contribution >= 0.6 is 24.0 Å². The number of hydrogen-bond donors (Lipinski definition) is 1. The van der Waals surface area contributed by atoms with Crippen molar-refractivity contribution < 1.29 is 4.42 Å². The number of nitrogens with zero attached hydrogens (tertiary/aromatic N) is 3. The van der Waals surface area contributed by atoms with Gasteiger partial charge in [0, 0.05) is 39.0 Å². The molecule has 6 heteroatoms. The van der Waals surface area contributed by atoms with Crippen molar-refractivity contribution in [1.29, 1.82) is 0 Å². The van der Waals surface area contributed by atoms with E-state index in [9.17, 15) is 0 Å². The van der Waals surface area contributed by atoms with Crippen molar-refractivity contribution in [2.45, 2.75) is 19.9 Å². The van der Waals surface area contributed by atoms with Crippen LogP contribution in [-0.2, 0) is 20.0 Å². The molecule has 0 aliphatic rings. The fraction of sp³-hybridized carbons (Fsp3) is 0.389. The van der Waals surface area contributed by atoms with Crippen LogP contribution < -0.4 is 5.32 Å². The van der Waals surface area contributed by atoms with Crippen molar-refractivity contribution in [3.05, 3.63) is 60.3 Å². The monoisotopic (exact) mass is 442 g/mol. The predicted molar refractivity (Wildman–Crippen MR) is 110 cm³/mol. The fourth-order valence-corrected chi connectivity index (χ4v) is 2.25. The average molecular weight is 442 g/mol. The molecule has 132 valence electrons. The Kier molecular flexibility index (Phi) is 8.67. The Morgan fingerprint density at radius 3 is 2.75 bits per heavy atom. The van der Waals surface area contributed by atoms with Crippen LogP contribution in [0.2, 0.25) is 0 Å². The first-order valence-electron chi connectivity index (χ1n) is 7.82. The minimum absolute atomic E-state index is 0. The van der Waals surface area contributed by atoms with E-state index in [2.05, 4.69) is 51.7 Å². The molecular formula is C18H27IN4O. The van der Waals surface area contributed by atoms with Gasteiger partial charge in [0.25, 0.3) is 0 Å². The molecule has 0 fully saturated rings. The maximum absolute atomic E-state index is 5.36. The Morgan fingerprint density at radius 1 is 1.38 bits per heavy atom. The van der Waals surface area contributed by atoms with Crippen LogP contribution in [0.15, 0.2) is 58.3 Å². The van der Waals surface area contributed by atoms with E-state index in [-0.39, 0.29) is 24.0 Å². The first-order chi connectivity index (χ1) is 11.1. The average Bonchev–Trinajstić information content (AvgIpc) is 3.15. The number of halogens is 1. The normalized spacial score (nSPS) is 11.0. The van der Waals surface area contributed by atoms with Crippen molar-refractivity contribution in [2.75, 3.05) is 20.1 Å². The number of aliphatic imine (C=N–C) groups is 1. The summed E-state index contributed by atoms with van der Waals surface area (Å²) in [4.78, 5) is 6.77. The standard InChI is InChI=1S/C18H26N4O.HI/c1-15(2)13-20-18(19-10-9-17-8-6-12-23-17)22(4)14-16-7-5-11-21(16)3;/h5-8,11-12H,1,9-10,13-14H2,2-4H3,(H,19,20);1H. The van der Waals surface area contributed by atoms with Gasteiger partial charge in [-0.3, -0.25) is 0 Å². The number of hydrogen-bond acceptors (Lipinski definition) is 2. The second-order valence-corrected chi connectivity index (χ2v) is 5.82. The van der Waals surface area contributed by atoms with E-state index >= 15 is 0 Å². The third-order valence-electron chi connectivity index (χ3n) is 3.55. The molecule has 2 aromatic heterocycles. The van der Waals surface area contributed by atoms with Crippen LogP contribution in [0.4, 0.5) is 0 Å². The maximum Gasteiger partial charge on any atom is 0.194 e. The SMILES string of the molecule is C=C(C)CN=C(NCCc1ccco1)N(C)Cc1cccn1C.I. The molecule has 24 heavy (non-hydrogen) atoms. The van der Waals surface area contributed by atoms with Crippen LogP contribution in [0.5, 0.6) is 0 Å². The quantitative estimate of drug-likeness (QED) is 0.309. The van der Waals surface area contributed by atoms with Crippen molar-refractivity contribution in [3.8, 4) is 0 Å². The van der Waals surface area contributed by atoms with Crippen LogP contribution in [0, 0.1) is 0 Å². The van der Waals surface area contributed by atoms with Gasteiger partial charge in [-0.15, -0.1) is 24.0 Å². The fourth-order valence-electron chi connectivity index (χ4n) is 2.25. The molecule has 0 aliphatic heterocycles. The Hall–Kier alpha value is -1.70. The summed E-state index contributed by atoms with van der Waals surface area (Å²) in [6.07, 6.45) is 4.59. The van der Waals surface area contributed by atoms with Gasteiger partial charge in [-0.05, 0) is 31.2 Å². The third-order valence-corrected chi connectivity index (χ3v) is 3.55. The molecule has 0 amide bonds. The zero-order valence-electron chi connectivity index (χ0n) is 14.7. The molecule has 0 saturated heterocycles. The van der Waals surface area contributed by atoms with E-state index in [1.165, 1.54) is 5.69 Å². The highest BCUT2D eigenvalue weighted by Gasteiger charge is 2.09. The zero-order valence-corrected chi connectivity index (χ0v) is 17.0. The Bertz CT molecular complexity index is 646. The molecular weight excluding hydrogens is 415 g/mol. The lowest BCUT2D eigenvalue weighted by Gasteiger charge is -2.23. The van der Waals surface area contributed by atoms with Gasteiger partial charge < -0.3 is 19.2 Å². The Balaban J connectivity index is 0.00000288. The van der Waals surface area contributed by atoms with Gasteiger partial charge >= 0.3 is 0 Å². The summed E-state index contributed by atoms with van der Waals surface area (Å²) in [6, 6.07) is 8.07. The van der Waals surface area contributed by atoms with Crippen molar-refractivity contribution in [2.24, 2.45) is 12.0 Å². The topological polar surface area (TPSA) is 45.7 Å². The second-order valence-electron chi connectivity index (χ2n) is 5.82. The smallest absolute Gasteiger partial charge is 0.194 e. The Labute approximate surface area is 161 Å². The van der Waals surface area contributed by atoms with Crippen LogP contribution in [0.25, 0.3) is 0 Å². The number of furan rings is 1. The van der Waals surface area contributed by atoms with E-state index in [0.29, 0.717) is 6.54 Å². The largest absolute Gasteiger partial charge is 0.469 e. The second kappa shape index (κ2) is 10.2. The zero-order chi connectivity index (χ0) is 16.7. The molecule has 2 heterocycles. The number of aryl methyl sites for hydroxylation is 1. The molecule has 0 unspecified atom stereocenters. The maximum atomic E-state index is 5.36. The molecule has 0 saturated carbocycles. The van der Waals surface area contributed by atoms with Crippen molar-refractivity contribution in [3.63, 3.8) is 0 Å². The lowest BCUT2D eigenvalue weighted by molar-refractivity contribution is 0.456. The molecule has 0 spiro atoms. The molecule has 2 aromatic rings. The van der Waals surface area contributed by atoms with Gasteiger partial charge in [0.2, 0.25) is 0 Å². The van der Waals surface area contributed by atoms with E-state index in [0.717, 1.165) is 36.8 Å². The molecule has 0 aliphatic carbocycles. The molecule has 0 radical (unpaired) electrons. The number of guanidine groups is 1. The molecule has 2 rings (SSSR count). The minimum Gasteiger partial charge on any atom is -0.469 e. The van der Waals surface area contributed by atoms with Gasteiger partial charge in [0.15, 0.2) is 5.96 Å². The van der Waals surface area contributed by atoms with Crippen molar-refractivity contribution in [1.82, 2.24) is 14.8 Å². The summed E-state index contributed by atoms with van der Waals surface area (Å²) < 4.78 is 7.48. The summed E-state index contributed by atoms with van der Waals surface area (Å²) >= 11 is 0. The molecule has 0 aromatic carbocycles. The number of rotatable bonds is 7. The van der Waals surface area contributed by atoms with Gasteiger partial charge in [0.05, 0.1) is 19.4 Å². The summed E-state index contributed by atoms with van der Waals surface area (Å²) in [5.41, 5.74) is 2.28. The molecule has 0 bridgehead atoms. The van der Waals surface area contributed by atoms with Crippen LogP contribution in [0.1, 0.15) is 18.4 Å². The third kappa shape index (κ3) is 6.43. The summed E-state index contributed by atoms with van der Waals surface area (Å²) in [5.74, 6) is 1.85. The highest BCUT2D eigenvalue weighted by Crippen LogP contribution is 2.05. The summed E-state index contributed by atoms with van der Waals surface area (Å²) in [7, 11) is 4.10. The van der Waals surface area contributed by atoms with Crippen LogP contribution in [0.3, 0.4) is 0 Å². The van der Waals surface area contributed by atoms with E-state index < -0.39 is 0 Å². The number of nitrogens with one attached hydrogen (secondary N) is 1.